The molecule has 0 bridgehead atoms. The summed E-state index contributed by atoms with van der Waals surface area (Å²) in [6, 6.07) is 13.9. The van der Waals surface area contributed by atoms with E-state index in [2.05, 4.69) is 16.5 Å². The van der Waals surface area contributed by atoms with Crippen molar-refractivity contribution in [3.05, 3.63) is 59.1 Å². The Morgan fingerprint density at radius 3 is 2.44 bits per heavy atom. The molecule has 25 heavy (non-hydrogen) atoms. The van der Waals surface area contributed by atoms with Crippen LogP contribution in [0.1, 0.15) is 31.2 Å². The van der Waals surface area contributed by atoms with E-state index in [0.29, 0.717) is 16.6 Å². The van der Waals surface area contributed by atoms with E-state index in [1.54, 1.807) is 12.1 Å². The van der Waals surface area contributed by atoms with Crippen LogP contribution in [0.5, 0.6) is 0 Å². The van der Waals surface area contributed by atoms with Crippen LogP contribution in [-0.2, 0) is 10.0 Å². The first-order valence-corrected chi connectivity index (χ1v) is 10.4. The summed E-state index contributed by atoms with van der Waals surface area (Å²) in [6.07, 6.45) is 2.34. The Balaban J connectivity index is 1.67. The molecule has 6 heteroatoms. The summed E-state index contributed by atoms with van der Waals surface area (Å²) in [7, 11) is -3.59. The highest BCUT2D eigenvalue weighted by Crippen LogP contribution is 2.28. The highest BCUT2D eigenvalue weighted by Gasteiger charge is 2.23. The number of nitrogens with one attached hydrogen (secondary N) is 1. The summed E-state index contributed by atoms with van der Waals surface area (Å²) in [5, 5.41) is 0.511. The van der Waals surface area contributed by atoms with Crippen molar-refractivity contribution < 1.29 is 8.42 Å². The van der Waals surface area contributed by atoms with Gasteiger partial charge in [-0.3, -0.25) is 4.72 Å². The Morgan fingerprint density at radius 1 is 1.12 bits per heavy atom. The van der Waals surface area contributed by atoms with Crippen molar-refractivity contribution in [2.24, 2.45) is 0 Å². The van der Waals surface area contributed by atoms with Crippen LogP contribution in [0, 0.1) is 0 Å². The quantitative estimate of drug-likeness (QED) is 0.813. The largest absolute Gasteiger partial charge is 0.303 e. The molecule has 1 saturated heterocycles. The van der Waals surface area contributed by atoms with Gasteiger partial charge in [-0.2, -0.15) is 0 Å². The second-order valence-electron chi connectivity index (χ2n) is 6.47. The normalized spacial score (nSPS) is 18.4. The van der Waals surface area contributed by atoms with Crippen molar-refractivity contribution >= 4 is 27.3 Å². The first-order chi connectivity index (χ1) is 12.0. The summed E-state index contributed by atoms with van der Waals surface area (Å²) in [6.45, 7) is 5.58. The number of sulfonamides is 1. The second-order valence-corrected chi connectivity index (χ2v) is 8.59. The minimum atomic E-state index is -3.59. The van der Waals surface area contributed by atoms with E-state index < -0.39 is 10.0 Å². The highest BCUT2D eigenvalue weighted by atomic mass is 35.5. The fraction of sp³-hybridized carbons (Fsp3) is 0.368. The molecule has 2 aromatic carbocycles. The van der Waals surface area contributed by atoms with E-state index in [0.717, 1.165) is 26.1 Å². The Labute approximate surface area is 154 Å². The van der Waals surface area contributed by atoms with Gasteiger partial charge >= 0.3 is 0 Å². The molecule has 0 unspecified atom stereocenters. The molecular formula is C19H23ClN2O2S. The Bertz CT molecular complexity index is 804. The number of hydrogen-bond acceptors (Lipinski definition) is 3. The first-order valence-electron chi connectivity index (χ1n) is 8.58. The number of anilines is 1. The third-order valence-corrected chi connectivity index (χ3v) is 6.22. The van der Waals surface area contributed by atoms with Crippen LogP contribution < -0.4 is 4.72 Å². The van der Waals surface area contributed by atoms with Crippen LogP contribution in [-0.4, -0.2) is 33.0 Å². The average molecular weight is 379 g/mol. The molecular weight excluding hydrogens is 356 g/mol. The van der Waals surface area contributed by atoms with Crippen molar-refractivity contribution in [1.82, 2.24) is 4.90 Å². The van der Waals surface area contributed by atoms with Crippen molar-refractivity contribution in [1.29, 1.82) is 0 Å². The van der Waals surface area contributed by atoms with E-state index in [-0.39, 0.29) is 4.90 Å². The first kappa shape index (κ1) is 18.2. The van der Waals surface area contributed by atoms with Crippen LogP contribution in [0.3, 0.4) is 0 Å². The van der Waals surface area contributed by atoms with Gasteiger partial charge in [-0.05, 0) is 73.8 Å². The van der Waals surface area contributed by atoms with E-state index >= 15 is 0 Å². The number of likely N-dealkylation sites (tertiary alicyclic amines) is 1. The number of rotatable bonds is 6. The summed E-state index contributed by atoms with van der Waals surface area (Å²) in [5.41, 5.74) is 1.84. The molecule has 1 aliphatic heterocycles. The molecule has 0 saturated carbocycles. The van der Waals surface area contributed by atoms with E-state index in [1.165, 1.54) is 24.1 Å². The molecule has 134 valence electrons. The van der Waals surface area contributed by atoms with Crippen LogP contribution in [0.15, 0.2) is 53.4 Å². The molecule has 0 radical (unpaired) electrons. The molecule has 0 aromatic heterocycles. The van der Waals surface area contributed by atoms with Gasteiger partial charge in [-0.1, -0.05) is 30.7 Å². The van der Waals surface area contributed by atoms with Crippen LogP contribution >= 0.6 is 11.6 Å². The van der Waals surface area contributed by atoms with Crippen LogP contribution in [0.2, 0.25) is 5.02 Å². The molecule has 1 atom stereocenters. The number of benzene rings is 2. The van der Waals surface area contributed by atoms with Gasteiger partial charge in [0.25, 0.3) is 10.0 Å². The van der Waals surface area contributed by atoms with Crippen LogP contribution in [0.25, 0.3) is 0 Å². The van der Waals surface area contributed by atoms with E-state index in [1.807, 2.05) is 24.3 Å². The zero-order chi connectivity index (χ0) is 17.9. The molecule has 1 heterocycles. The molecule has 0 spiro atoms. The minimum Gasteiger partial charge on any atom is -0.303 e. The summed E-state index contributed by atoms with van der Waals surface area (Å²) in [5.74, 6) is 0.536. The zero-order valence-corrected chi connectivity index (χ0v) is 15.9. The lowest BCUT2D eigenvalue weighted by atomic mass is 9.98. The standard InChI is InChI=1S/C19H23ClN2O2S/c1-2-12-22-13-11-16(14-22)15-3-7-18(8-4-15)21-25(23,24)19-9-5-17(20)6-10-19/h3-10,16,21H,2,11-14H2,1H3/t16-/m1/s1. The molecule has 1 fully saturated rings. The maximum atomic E-state index is 12.4. The summed E-state index contributed by atoms with van der Waals surface area (Å²) < 4.78 is 27.4. The van der Waals surface area contributed by atoms with E-state index in [9.17, 15) is 8.42 Å². The summed E-state index contributed by atoms with van der Waals surface area (Å²) in [4.78, 5) is 2.69. The predicted molar refractivity (Wildman–Crippen MR) is 103 cm³/mol. The third-order valence-electron chi connectivity index (χ3n) is 4.57. The number of hydrogen-bond donors (Lipinski definition) is 1. The van der Waals surface area contributed by atoms with Gasteiger partial charge in [0.05, 0.1) is 4.90 Å². The monoisotopic (exact) mass is 378 g/mol. The fourth-order valence-corrected chi connectivity index (χ4v) is 4.46. The Morgan fingerprint density at radius 2 is 1.80 bits per heavy atom. The lowest BCUT2D eigenvalue weighted by Crippen LogP contribution is -2.20. The Kier molecular flexibility index (Phi) is 5.67. The molecule has 3 rings (SSSR count). The number of halogens is 1. The van der Waals surface area contributed by atoms with Crippen molar-refractivity contribution in [2.75, 3.05) is 24.4 Å². The molecule has 1 N–H and O–H groups in total. The van der Waals surface area contributed by atoms with Crippen LogP contribution in [0.4, 0.5) is 5.69 Å². The van der Waals surface area contributed by atoms with Gasteiger partial charge in [-0.15, -0.1) is 0 Å². The molecule has 2 aromatic rings. The van der Waals surface area contributed by atoms with Crippen molar-refractivity contribution in [3.63, 3.8) is 0 Å². The molecule has 1 aliphatic rings. The average Bonchev–Trinajstić information content (AvgIpc) is 3.05. The lowest BCUT2D eigenvalue weighted by molar-refractivity contribution is 0.335. The van der Waals surface area contributed by atoms with Gasteiger partial charge in [-0.25, -0.2) is 8.42 Å². The maximum absolute atomic E-state index is 12.4. The second kappa shape index (κ2) is 7.77. The van der Waals surface area contributed by atoms with Gasteiger partial charge < -0.3 is 4.90 Å². The number of nitrogens with zero attached hydrogens (tertiary/aromatic N) is 1. The molecule has 0 aliphatic carbocycles. The lowest BCUT2D eigenvalue weighted by Gasteiger charge is -2.15. The fourth-order valence-electron chi connectivity index (χ4n) is 3.28. The van der Waals surface area contributed by atoms with Crippen molar-refractivity contribution in [3.8, 4) is 0 Å². The molecule has 4 nitrogen and oxygen atoms in total. The predicted octanol–water partition coefficient (Wildman–Crippen LogP) is 4.34. The molecule has 0 amide bonds. The third kappa shape index (κ3) is 4.54. The Hall–Kier alpha value is -1.56. The van der Waals surface area contributed by atoms with E-state index in [4.69, 9.17) is 11.6 Å². The van der Waals surface area contributed by atoms with Crippen molar-refractivity contribution in [2.45, 2.75) is 30.6 Å². The minimum absolute atomic E-state index is 0.201. The highest BCUT2D eigenvalue weighted by molar-refractivity contribution is 7.92. The van der Waals surface area contributed by atoms with Gasteiger partial charge in [0.1, 0.15) is 0 Å². The van der Waals surface area contributed by atoms with Gasteiger partial charge in [0.2, 0.25) is 0 Å². The topological polar surface area (TPSA) is 49.4 Å². The van der Waals surface area contributed by atoms with Gasteiger partial charge in [0, 0.05) is 17.3 Å². The zero-order valence-electron chi connectivity index (χ0n) is 14.3. The SMILES string of the molecule is CCCN1CC[C@@H](c2ccc(NS(=O)(=O)c3ccc(Cl)cc3)cc2)C1. The smallest absolute Gasteiger partial charge is 0.261 e. The maximum Gasteiger partial charge on any atom is 0.261 e. The van der Waals surface area contributed by atoms with Gasteiger partial charge in [0.15, 0.2) is 0 Å². The summed E-state index contributed by atoms with van der Waals surface area (Å²) >= 11 is 5.81.